The number of hydrogen-bond acceptors (Lipinski definition) is 4. The fourth-order valence-electron chi connectivity index (χ4n) is 4.42. The largest absolute Gasteiger partial charge is 0.383 e. The molecule has 1 amide bonds. The maximum absolute atomic E-state index is 12.3. The molecule has 5 nitrogen and oxygen atoms in total. The molecule has 3 heterocycles. The highest BCUT2D eigenvalue weighted by atomic mass is 32.1. The van der Waals surface area contributed by atoms with E-state index in [4.69, 9.17) is 4.74 Å². The summed E-state index contributed by atoms with van der Waals surface area (Å²) in [5.41, 5.74) is 3.91. The van der Waals surface area contributed by atoms with Crippen molar-refractivity contribution < 1.29 is 9.53 Å². The molecule has 0 spiro atoms. The van der Waals surface area contributed by atoms with Crippen molar-refractivity contribution in [2.24, 2.45) is 0 Å². The Labute approximate surface area is 176 Å². The number of benzene rings is 1. The van der Waals surface area contributed by atoms with Gasteiger partial charge in [0.05, 0.1) is 6.61 Å². The van der Waals surface area contributed by atoms with Crippen molar-refractivity contribution >= 4 is 28.1 Å². The average Bonchev–Trinajstić information content (AvgIpc) is 3.34. The lowest BCUT2D eigenvalue weighted by atomic mass is 9.97. The molecule has 154 valence electrons. The molecule has 1 aliphatic heterocycles. The Morgan fingerprint density at radius 3 is 3.00 bits per heavy atom. The average molecular weight is 412 g/mol. The molecule has 1 N–H and O–H groups in total. The molecule has 1 atom stereocenters. The lowest BCUT2D eigenvalue weighted by Gasteiger charge is -2.35. The minimum atomic E-state index is 0.0154. The van der Waals surface area contributed by atoms with Crippen LogP contribution in [0.5, 0.6) is 0 Å². The van der Waals surface area contributed by atoms with Gasteiger partial charge in [0, 0.05) is 54.8 Å². The first-order chi connectivity index (χ1) is 14.2. The van der Waals surface area contributed by atoms with E-state index in [1.807, 2.05) is 17.4 Å². The van der Waals surface area contributed by atoms with E-state index in [1.165, 1.54) is 16.5 Å². The molecule has 0 saturated heterocycles. The van der Waals surface area contributed by atoms with Gasteiger partial charge in [0.2, 0.25) is 5.91 Å². The van der Waals surface area contributed by atoms with Crippen molar-refractivity contribution in [1.82, 2.24) is 14.8 Å². The number of methoxy groups -OCH3 is 1. The van der Waals surface area contributed by atoms with Gasteiger partial charge in [0.15, 0.2) is 0 Å². The molecule has 0 radical (unpaired) electrons. The van der Waals surface area contributed by atoms with Crippen LogP contribution in [-0.2, 0) is 29.0 Å². The standard InChI is InChI=1S/C23H29N3O2S/c1-3-20-19-9-13-29-22(19)8-11-25(20)14-17-15-26(16-23(27)24-10-12-28-2)21-7-5-4-6-18(17)21/h4-7,9,13,15,20H,3,8,10-12,14,16H2,1-2H3,(H,24,27)/t20-/m1/s1. The van der Waals surface area contributed by atoms with Gasteiger partial charge in [-0.3, -0.25) is 9.69 Å². The van der Waals surface area contributed by atoms with Crippen LogP contribution in [0.25, 0.3) is 10.9 Å². The van der Waals surface area contributed by atoms with Crippen LogP contribution < -0.4 is 5.32 Å². The molecule has 2 aromatic heterocycles. The molecule has 29 heavy (non-hydrogen) atoms. The number of hydrogen-bond donors (Lipinski definition) is 1. The van der Waals surface area contributed by atoms with Crippen molar-refractivity contribution in [3.05, 3.63) is 57.9 Å². The number of carbonyl (C=O) groups excluding carboxylic acids is 1. The lowest BCUT2D eigenvalue weighted by molar-refractivity contribution is -0.121. The smallest absolute Gasteiger partial charge is 0.240 e. The summed E-state index contributed by atoms with van der Waals surface area (Å²) in [6, 6.07) is 11.2. The van der Waals surface area contributed by atoms with E-state index in [-0.39, 0.29) is 5.91 Å². The van der Waals surface area contributed by atoms with E-state index < -0.39 is 0 Å². The van der Waals surface area contributed by atoms with Gasteiger partial charge in [0.1, 0.15) is 6.54 Å². The third-order valence-corrected chi connectivity index (χ3v) is 6.78. The van der Waals surface area contributed by atoms with Gasteiger partial charge in [0.25, 0.3) is 0 Å². The van der Waals surface area contributed by atoms with Crippen molar-refractivity contribution in [3.8, 4) is 0 Å². The molecule has 4 rings (SSSR count). The first kappa shape index (κ1) is 20.1. The number of nitrogens with one attached hydrogen (secondary N) is 1. The summed E-state index contributed by atoms with van der Waals surface area (Å²) < 4.78 is 7.09. The normalized spacial score (nSPS) is 16.8. The van der Waals surface area contributed by atoms with Crippen LogP contribution in [0.2, 0.25) is 0 Å². The second-order valence-electron chi connectivity index (χ2n) is 7.59. The van der Waals surface area contributed by atoms with E-state index >= 15 is 0 Å². The monoisotopic (exact) mass is 411 g/mol. The molecule has 0 bridgehead atoms. The molecule has 0 unspecified atom stereocenters. The van der Waals surface area contributed by atoms with Crippen LogP contribution in [0.15, 0.2) is 41.9 Å². The zero-order valence-corrected chi connectivity index (χ0v) is 18.0. The van der Waals surface area contributed by atoms with Gasteiger partial charge in [-0.2, -0.15) is 0 Å². The van der Waals surface area contributed by atoms with Gasteiger partial charge >= 0.3 is 0 Å². The summed E-state index contributed by atoms with van der Waals surface area (Å²) in [4.78, 5) is 16.5. The Balaban J connectivity index is 1.56. The Morgan fingerprint density at radius 1 is 1.31 bits per heavy atom. The third kappa shape index (κ3) is 4.25. The second-order valence-corrected chi connectivity index (χ2v) is 8.59. The lowest BCUT2D eigenvalue weighted by Crippen LogP contribution is -2.33. The summed E-state index contributed by atoms with van der Waals surface area (Å²) in [5.74, 6) is 0.0154. The van der Waals surface area contributed by atoms with Crippen molar-refractivity contribution in [3.63, 3.8) is 0 Å². The Kier molecular flexibility index (Phi) is 6.33. The molecular weight excluding hydrogens is 382 g/mol. The molecule has 3 aromatic rings. The van der Waals surface area contributed by atoms with Crippen LogP contribution in [0.1, 0.15) is 35.4 Å². The second kappa shape index (κ2) is 9.11. The molecule has 0 fully saturated rings. The number of carbonyl (C=O) groups is 1. The van der Waals surface area contributed by atoms with Crippen LogP contribution in [0.4, 0.5) is 0 Å². The number of nitrogens with zero attached hydrogens (tertiary/aromatic N) is 2. The highest BCUT2D eigenvalue weighted by molar-refractivity contribution is 7.10. The van der Waals surface area contributed by atoms with Gasteiger partial charge in [-0.25, -0.2) is 0 Å². The highest BCUT2D eigenvalue weighted by Crippen LogP contribution is 2.36. The van der Waals surface area contributed by atoms with Gasteiger partial charge in [-0.1, -0.05) is 25.1 Å². The van der Waals surface area contributed by atoms with Crippen LogP contribution in [0, 0.1) is 0 Å². The van der Waals surface area contributed by atoms with Gasteiger partial charge in [-0.15, -0.1) is 11.3 Å². The maximum Gasteiger partial charge on any atom is 0.240 e. The third-order valence-electron chi connectivity index (χ3n) is 5.78. The van der Waals surface area contributed by atoms with E-state index in [9.17, 15) is 4.79 Å². The summed E-state index contributed by atoms with van der Waals surface area (Å²) in [6.45, 7) is 5.67. The topological polar surface area (TPSA) is 46.5 Å². The number of fused-ring (bicyclic) bond motifs is 2. The summed E-state index contributed by atoms with van der Waals surface area (Å²) >= 11 is 1.89. The zero-order valence-electron chi connectivity index (χ0n) is 17.2. The number of amides is 1. The number of ether oxygens (including phenoxy) is 1. The van der Waals surface area contributed by atoms with Crippen molar-refractivity contribution in [2.75, 3.05) is 26.8 Å². The quantitative estimate of drug-likeness (QED) is 0.571. The fourth-order valence-corrected chi connectivity index (χ4v) is 5.35. The predicted octanol–water partition coefficient (Wildman–Crippen LogP) is 3.97. The van der Waals surface area contributed by atoms with Crippen LogP contribution >= 0.6 is 11.3 Å². The summed E-state index contributed by atoms with van der Waals surface area (Å²) in [6.07, 6.45) is 4.41. The van der Waals surface area contributed by atoms with Crippen LogP contribution in [-0.4, -0.2) is 42.2 Å². The van der Waals surface area contributed by atoms with E-state index in [2.05, 4.69) is 57.5 Å². The first-order valence-corrected chi connectivity index (χ1v) is 11.2. The predicted molar refractivity (Wildman–Crippen MR) is 118 cm³/mol. The highest BCUT2D eigenvalue weighted by Gasteiger charge is 2.27. The van der Waals surface area contributed by atoms with Gasteiger partial charge < -0.3 is 14.6 Å². The number of rotatable bonds is 8. The summed E-state index contributed by atoms with van der Waals surface area (Å²) in [5, 5.41) is 6.38. The Morgan fingerprint density at radius 2 is 2.17 bits per heavy atom. The van der Waals surface area contributed by atoms with E-state index in [1.54, 1.807) is 12.0 Å². The van der Waals surface area contributed by atoms with Gasteiger partial charge in [-0.05, 0) is 41.5 Å². The summed E-state index contributed by atoms with van der Waals surface area (Å²) in [7, 11) is 1.64. The number of para-hydroxylation sites is 1. The zero-order chi connectivity index (χ0) is 20.2. The Hall–Kier alpha value is -2.15. The number of aromatic nitrogens is 1. The maximum atomic E-state index is 12.3. The molecule has 6 heteroatoms. The Bertz CT molecular complexity index is 978. The fraction of sp³-hybridized carbons (Fsp3) is 0.435. The van der Waals surface area contributed by atoms with Crippen molar-refractivity contribution in [2.45, 2.75) is 38.9 Å². The first-order valence-electron chi connectivity index (χ1n) is 10.3. The number of thiophene rings is 1. The minimum Gasteiger partial charge on any atom is -0.383 e. The molecule has 0 saturated carbocycles. The molecule has 1 aromatic carbocycles. The minimum absolute atomic E-state index is 0.0154. The van der Waals surface area contributed by atoms with E-state index in [0.717, 1.165) is 31.4 Å². The SMILES string of the molecule is CC[C@@H]1c2ccsc2CCN1Cc1cn(CC(=O)NCCOC)c2ccccc12. The molecule has 1 aliphatic rings. The molecular formula is C23H29N3O2S. The molecule has 0 aliphatic carbocycles. The van der Waals surface area contributed by atoms with Crippen molar-refractivity contribution in [1.29, 1.82) is 0 Å². The van der Waals surface area contributed by atoms with Crippen LogP contribution in [0.3, 0.4) is 0 Å². The van der Waals surface area contributed by atoms with E-state index in [0.29, 0.717) is 25.7 Å².